The first kappa shape index (κ1) is 15.2. The third-order valence-electron chi connectivity index (χ3n) is 2.91. The summed E-state index contributed by atoms with van der Waals surface area (Å²) in [4.78, 5) is 0. The number of hydrogen-bond acceptors (Lipinski definition) is 1. The molecule has 100 valence electrons. The molecule has 1 N–H and O–H groups in total. The van der Waals surface area contributed by atoms with Crippen molar-refractivity contribution in [1.82, 2.24) is 0 Å². The summed E-state index contributed by atoms with van der Waals surface area (Å²) in [6.07, 6.45) is 2.29. The Bertz CT molecular complexity index is 364. The van der Waals surface area contributed by atoms with Gasteiger partial charge in [-0.25, -0.2) is 0 Å². The molecular weight excluding hydrogens is 236 g/mol. The molecule has 0 radical (unpaired) electrons. The highest BCUT2D eigenvalue weighted by Gasteiger charge is 2.16. The van der Waals surface area contributed by atoms with Crippen LogP contribution >= 0.6 is 0 Å². The summed E-state index contributed by atoms with van der Waals surface area (Å²) < 4.78 is 0. The molecule has 0 bridgehead atoms. The highest BCUT2D eigenvalue weighted by molar-refractivity contribution is 6.76. The molecule has 0 heterocycles. The first-order valence-corrected chi connectivity index (χ1v) is 10.5. The lowest BCUT2D eigenvalue weighted by atomic mass is 10.0. The van der Waals surface area contributed by atoms with Gasteiger partial charge in [0.2, 0.25) is 0 Å². The zero-order valence-corrected chi connectivity index (χ0v) is 12.9. The Hall–Kier alpha value is -0.863. The monoisotopic (exact) mass is 262 g/mol. The van der Waals surface area contributed by atoms with Gasteiger partial charge in [0.25, 0.3) is 0 Å². The molecular formula is C16H26OSi. The predicted molar refractivity (Wildman–Crippen MR) is 82.7 cm³/mol. The van der Waals surface area contributed by atoms with Gasteiger partial charge in [-0.3, -0.25) is 0 Å². The van der Waals surface area contributed by atoms with E-state index in [4.69, 9.17) is 0 Å². The van der Waals surface area contributed by atoms with Gasteiger partial charge in [0.15, 0.2) is 0 Å². The number of aliphatic hydroxyl groups is 1. The molecule has 0 aliphatic heterocycles. The zero-order valence-electron chi connectivity index (χ0n) is 11.9. The SMILES string of the molecule is C=C(CC(O)CCc1ccccc1)C[Si](C)(C)C. The Balaban J connectivity index is 2.29. The Morgan fingerprint density at radius 1 is 1.22 bits per heavy atom. The van der Waals surface area contributed by atoms with Crippen molar-refractivity contribution in [2.45, 2.75) is 51.1 Å². The Morgan fingerprint density at radius 2 is 1.83 bits per heavy atom. The van der Waals surface area contributed by atoms with Crippen molar-refractivity contribution in [3.63, 3.8) is 0 Å². The van der Waals surface area contributed by atoms with Gasteiger partial charge in [-0.05, 0) is 30.9 Å². The summed E-state index contributed by atoms with van der Waals surface area (Å²) in [7, 11) is -1.08. The maximum Gasteiger partial charge on any atom is 0.0580 e. The van der Waals surface area contributed by atoms with Crippen LogP contribution in [0.4, 0.5) is 0 Å². The topological polar surface area (TPSA) is 20.2 Å². The maximum absolute atomic E-state index is 10.0. The highest BCUT2D eigenvalue weighted by atomic mass is 28.3. The fourth-order valence-electron chi connectivity index (χ4n) is 2.24. The fraction of sp³-hybridized carbons (Fsp3) is 0.500. The second-order valence-electron chi connectivity index (χ2n) is 6.37. The van der Waals surface area contributed by atoms with Gasteiger partial charge in [-0.15, -0.1) is 6.58 Å². The molecule has 1 unspecified atom stereocenters. The molecule has 0 aromatic heterocycles. The van der Waals surface area contributed by atoms with Crippen LogP contribution in [0.5, 0.6) is 0 Å². The van der Waals surface area contributed by atoms with E-state index in [-0.39, 0.29) is 6.10 Å². The molecule has 0 amide bonds. The molecule has 18 heavy (non-hydrogen) atoms. The van der Waals surface area contributed by atoms with Gasteiger partial charge in [0.1, 0.15) is 0 Å². The van der Waals surface area contributed by atoms with Crippen LogP contribution in [0.2, 0.25) is 25.7 Å². The number of aryl methyl sites for hydroxylation is 1. The minimum atomic E-state index is -1.08. The van der Waals surface area contributed by atoms with Gasteiger partial charge in [0.05, 0.1) is 6.10 Å². The van der Waals surface area contributed by atoms with Gasteiger partial charge < -0.3 is 5.11 Å². The summed E-state index contributed by atoms with van der Waals surface area (Å²) in [6.45, 7) is 11.1. The Kier molecular flexibility index (Phi) is 5.83. The standard InChI is InChI=1S/C16H26OSi/c1-14(13-18(2,3)4)12-16(17)11-10-15-8-6-5-7-9-15/h5-9,16-17H,1,10-13H2,2-4H3. The van der Waals surface area contributed by atoms with E-state index in [0.717, 1.165) is 25.3 Å². The fourth-order valence-corrected chi connectivity index (χ4v) is 3.88. The lowest BCUT2D eigenvalue weighted by molar-refractivity contribution is 0.165. The largest absolute Gasteiger partial charge is 0.393 e. The maximum atomic E-state index is 10.0. The molecule has 1 aromatic carbocycles. The van der Waals surface area contributed by atoms with Crippen LogP contribution in [0.3, 0.4) is 0 Å². The molecule has 0 fully saturated rings. The van der Waals surface area contributed by atoms with Gasteiger partial charge in [-0.1, -0.05) is 55.5 Å². The third kappa shape index (κ3) is 6.77. The summed E-state index contributed by atoms with van der Waals surface area (Å²) >= 11 is 0. The van der Waals surface area contributed by atoms with E-state index in [2.05, 4.69) is 38.4 Å². The van der Waals surface area contributed by atoms with Crippen LogP contribution in [0, 0.1) is 0 Å². The summed E-state index contributed by atoms with van der Waals surface area (Å²) in [6, 6.07) is 11.5. The quantitative estimate of drug-likeness (QED) is 0.575. The van der Waals surface area contributed by atoms with Crippen molar-refractivity contribution >= 4 is 8.07 Å². The minimum Gasteiger partial charge on any atom is -0.393 e. The van der Waals surface area contributed by atoms with Crippen molar-refractivity contribution < 1.29 is 5.11 Å². The molecule has 0 saturated carbocycles. The highest BCUT2D eigenvalue weighted by Crippen LogP contribution is 2.20. The van der Waals surface area contributed by atoms with Crippen LogP contribution < -0.4 is 0 Å². The van der Waals surface area contributed by atoms with E-state index in [0.29, 0.717) is 0 Å². The average molecular weight is 262 g/mol. The van der Waals surface area contributed by atoms with Crippen molar-refractivity contribution in [1.29, 1.82) is 0 Å². The Morgan fingerprint density at radius 3 is 2.39 bits per heavy atom. The lowest BCUT2D eigenvalue weighted by Crippen LogP contribution is -2.21. The molecule has 2 heteroatoms. The van der Waals surface area contributed by atoms with E-state index in [1.54, 1.807) is 0 Å². The van der Waals surface area contributed by atoms with Crippen molar-refractivity contribution in [3.8, 4) is 0 Å². The van der Waals surface area contributed by atoms with E-state index in [1.165, 1.54) is 11.1 Å². The van der Waals surface area contributed by atoms with Crippen molar-refractivity contribution in [3.05, 3.63) is 48.0 Å². The van der Waals surface area contributed by atoms with Gasteiger partial charge >= 0.3 is 0 Å². The summed E-state index contributed by atoms with van der Waals surface area (Å²) in [5, 5.41) is 10.0. The molecule has 0 aliphatic rings. The van der Waals surface area contributed by atoms with Crippen LogP contribution in [0.25, 0.3) is 0 Å². The number of benzene rings is 1. The first-order chi connectivity index (χ1) is 8.37. The third-order valence-corrected chi connectivity index (χ3v) is 4.47. The van der Waals surface area contributed by atoms with Crippen molar-refractivity contribution in [2.24, 2.45) is 0 Å². The molecule has 0 saturated heterocycles. The van der Waals surface area contributed by atoms with Crippen LogP contribution in [-0.4, -0.2) is 19.3 Å². The van der Waals surface area contributed by atoms with E-state index >= 15 is 0 Å². The normalized spacial score (nSPS) is 13.3. The van der Waals surface area contributed by atoms with Crippen LogP contribution in [-0.2, 0) is 6.42 Å². The number of rotatable bonds is 7. The van der Waals surface area contributed by atoms with E-state index in [9.17, 15) is 5.11 Å². The number of hydrogen-bond donors (Lipinski definition) is 1. The lowest BCUT2D eigenvalue weighted by Gasteiger charge is -2.19. The molecule has 0 aliphatic carbocycles. The van der Waals surface area contributed by atoms with Crippen LogP contribution in [0.1, 0.15) is 18.4 Å². The average Bonchev–Trinajstić information content (AvgIpc) is 2.25. The predicted octanol–water partition coefficient (Wildman–Crippen LogP) is 4.26. The second-order valence-corrected chi connectivity index (χ2v) is 11.8. The number of aliphatic hydroxyl groups excluding tert-OH is 1. The summed E-state index contributed by atoms with van der Waals surface area (Å²) in [5.74, 6) is 0. The van der Waals surface area contributed by atoms with E-state index < -0.39 is 8.07 Å². The molecule has 1 atom stereocenters. The first-order valence-electron chi connectivity index (χ1n) is 6.75. The van der Waals surface area contributed by atoms with Gasteiger partial charge in [-0.2, -0.15) is 0 Å². The minimum absolute atomic E-state index is 0.242. The molecule has 0 spiro atoms. The zero-order chi connectivity index (χ0) is 13.6. The van der Waals surface area contributed by atoms with Crippen molar-refractivity contribution in [2.75, 3.05) is 0 Å². The molecule has 1 aromatic rings. The summed E-state index contributed by atoms with van der Waals surface area (Å²) in [5.41, 5.74) is 2.52. The van der Waals surface area contributed by atoms with Gasteiger partial charge in [0, 0.05) is 8.07 Å². The second kappa shape index (κ2) is 6.91. The molecule has 1 rings (SSSR count). The van der Waals surface area contributed by atoms with Crippen LogP contribution in [0.15, 0.2) is 42.5 Å². The smallest absolute Gasteiger partial charge is 0.0580 e. The molecule has 1 nitrogen and oxygen atoms in total. The Labute approximate surface area is 113 Å². The van der Waals surface area contributed by atoms with E-state index in [1.807, 2.05) is 18.2 Å².